The predicted octanol–water partition coefficient (Wildman–Crippen LogP) is 2.74. The maximum Gasteiger partial charge on any atom is 0.301 e. The van der Waals surface area contributed by atoms with Gasteiger partial charge in [0.2, 0.25) is 0 Å². The first-order valence-electron chi connectivity index (χ1n) is 7.07. The monoisotopic (exact) mass is 377 g/mol. The highest BCUT2D eigenvalue weighted by atomic mass is 79.9. The van der Waals surface area contributed by atoms with Gasteiger partial charge >= 0.3 is 10.2 Å². The number of nitrogens with zero attached hydrogens (tertiary/aromatic N) is 1. The van der Waals surface area contributed by atoms with Crippen molar-refractivity contribution in [1.82, 2.24) is 9.62 Å². The summed E-state index contributed by atoms with van der Waals surface area (Å²) in [5.41, 5.74) is 1.62. The van der Waals surface area contributed by atoms with E-state index in [9.17, 15) is 8.42 Å². The minimum Gasteiger partial charge on any atom is -0.317 e. The first kappa shape index (κ1) is 18.4. The molecule has 0 aliphatic rings. The molecule has 5 nitrogen and oxygen atoms in total. The number of hydrogen-bond acceptors (Lipinski definition) is 3. The van der Waals surface area contributed by atoms with E-state index in [1.807, 2.05) is 19.1 Å². The summed E-state index contributed by atoms with van der Waals surface area (Å²) in [6, 6.07) is 5.51. The van der Waals surface area contributed by atoms with Crippen molar-refractivity contribution in [3.8, 4) is 0 Å². The molecule has 1 aromatic rings. The average Bonchev–Trinajstić information content (AvgIpc) is 2.41. The summed E-state index contributed by atoms with van der Waals surface area (Å²) in [5, 5.41) is 3.26. The van der Waals surface area contributed by atoms with E-state index in [2.05, 4.69) is 32.9 Å². The SMILES string of the molecule is CCCNCCCN(C)S(=O)(=O)Nc1ccc(C)cc1Br. The van der Waals surface area contributed by atoms with Crippen LogP contribution >= 0.6 is 15.9 Å². The predicted molar refractivity (Wildman–Crippen MR) is 91.8 cm³/mol. The van der Waals surface area contributed by atoms with Crippen LogP contribution in [0, 0.1) is 6.92 Å². The first-order valence-corrected chi connectivity index (χ1v) is 9.31. The lowest BCUT2D eigenvalue weighted by molar-refractivity contribution is 0.458. The maximum atomic E-state index is 12.2. The van der Waals surface area contributed by atoms with Crippen molar-refractivity contribution < 1.29 is 8.42 Å². The van der Waals surface area contributed by atoms with Crippen molar-refractivity contribution in [3.05, 3.63) is 28.2 Å². The fraction of sp³-hybridized carbons (Fsp3) is 0.571. The normalized spacial score (nSPS) is 11.9. The van der Waals surface area contributed by atoms with Gasteiger partial charge in [-0.05, 0) is 66.5 Å². The third kappa shape index (κ3) is 6.34. The van der Waals surface area contributed by atoms with E-state index in [0.717, 1.165) is 36.0 Å². The van der Waals surface area contributed by atoms with Crippen LogP contribution < -0.4 is 10.0 Å². The van der Waals surface area contributed by atoms with Crippen LogP contribution in [-0.4, -0.2) is 39.4 Å². The third-order valence-electron chi connectivity index (χ3n) is 3.03. The second-order valence-electron chi connectivity index (χ2n) is 5.02. The van der Waals surface area contributed by atoms with Crippen LogP contribution in [0.15, 0.2) is 22.7 Å². The Kier molecular flexibility index (Phi) is 7.65. The minimum absolute atomic E-state index is 0.482. The Bertz CT molecular complexity index is 549. The van der Waals surface area contributed by atoms with Crippen LogP contribution in [0.4, 0.5) is 5.69 Å². The molecule has 1 rings (SSSR count). The minimum atomic E-state index is -3.52. The van der Waals surface area contributed by atoms with Gasteiger partial charge in [0, 0.05) is 18.1 Å². The summed E-state index contributed by atoms with van der Waals surface area (Å²) in [6.07, 6.45) is 1.86. The Hall–Kier alpha value is -0.630. The number of rotatable bonds is 9. The molecular weight excluding hydrogens is 354 g/mol. The molecule has 0 saturated heterocycles. The largest absolute Gasteiger partial charge is 0.317 e. The zero-order valence-corrected chi connectivity index (χ0v) is 15.2. The number of aryl methyl sites for hydroxylation is 1. The smallest absolute Gasteiger partial charge is 0.301 e. The van der Waals surface area contributed by atoms with Crippen molar-refractivity contribution in [1.29, 1.82) is 0 Å². The van der Waals surface area contributed by atoms with Gasteiger partial charge < -0.3 is 5.32 Å². The highest BCUT2D eigenvalue weighted by molar-refractivity contribution is 9.10. The second-order valence-corrected chi connectivity index (χ2v) is 7.65. The van der Waals surface area contributed by atoms with E-state index in [1.165, 1.54) is 4.31 Å². The Morgan fingerprint density at radius 2 is 2.00 bits per heavy atom. The van der Waals surface area contributed by atoms with E-state index in [0.29, 0.717) is 12.2 Å². The zero-order valence-electron chi connectivity index (χ0n) is 12.8. The van der Waals surface area contributed by atoms with Crippen LogP contribution in [0.3, 0.4) is 0 Å². The van der Waals surface area contributed by atoms with Gasteiger partial charge in [-0.1, -0.05) is 13.0 Å². The molecule has 0 saturated carbocycles. The quantitative estimate of drug-likeness (QED) is 0.650. The van der Waals surface area contributed by atoms with E-state index < -0.39 is 10.2 Å². The van der Waals surface area contributed by atoms with Crippen molar-refractivity contribution in [3.63, 3.8) is 0 Å². The van der Waals surface area contributed by atoms with Crippen LogP contribution in [0.2, 0.25) is 0 Å². The van der Waals surface area contributed by atoms with Crippen LogP contribution in [0.1, 0.15) is 25.3 Å². The lowest BCUT2D eigenvalue weighted by atomic mass is 10.2. The van der Waals surface area contributed by atoms with Gasteiger partial charge in [0.15, 0.2) is 0 Å². The van der Waals surface area contributed by atoms with Crippen molar-refractivity contribution in [2.45, 2.75) is 26.7 Å². The Morgan fingerprint density at radius 3 is 2.62 bits per heavy atom. The Morgan fingerprint density at radius 1 is 1.29 bits per heavy atom. The van der Waals surface area contributed by atoms with Crippen molar-refractivity contribution in [2.24, 2.45) is 0 Å². The fourth-order valence-electron chi connectivity index (χ4n) is 1.77. The molecule has 0 aromatic heterocycles. The van der Waals surface area contributed by atoms with Gasteiger partial charge in [-0.15, -0.1) is 0 Å². The molecule has 0 fully saturated rings. The van der Waals surface area contributed by atoms with Gasteiger partial charge in [0.1, 0.15) is 0 Å². The molecule has 0 aliphatic heterocycles. The van der Waals surface area contributed by atoms with Crippen LogP contribution in [-0.2, 0) is 10.2 Å². The molecule has 0 spiro atoms. The highest BCUT2D eigenvalue weighted by Crippen LogP contribution is 2.24. The lowest BCUT2D eigenvalue weighted by Crippen LogP contribution is -2.34. The van der Waals surface area contributed by atoms with Gasteiger partial charge in [0.05, 0.1) is 5.69 Å². The summed E-state index contributed by atoms with van der Waals surface area (Å²) < 4.78 is 29.1. The standard InChI is InChI=1S/C14H24BrN3O2S/c1-4-8-16-9-5-10-18(3)21(19,20)17-14-7-6-12(2)11-13(14)15/h6-7,11,16-17H,4-5,8-10H2,1-3H3. The molecule has 0 atom stereocenters. The fourth-order valence-corrected chi connectivity index (χ4v) is 3.47. The van der Waals surface area contributed by atoms with E-state index in [-0.39, 0.29) is 0 Å². The first-order chi connectivity index (χ1) is 9.86. The topological polar surface area (TPSA) is 61.4 Å². The molecule has 7 heteroatoms. The van der Waals surface area contributed by atoms with Gasteiger partial charge in [0.25, 0.3) is 0 Å². The summed E-state index contributed by atoms with van der Waals surface area (Å²) in [5.74, 6) is 0. The zero-order chi connectivity index (χ0) is 15.9. The van der Waals surface area contributed by atoms with E-state index in [1.54, 1.807) is 13.1 Å². The molecule has 0 unspecified atom stereocenters. The third-order valence-corrected chi connectivity index (χ3v) is 5.16. The van der Waals surface area contributed by atoms with Crippen LogP contribution in [0.5, 0.6) is 0 Å². The molecule has 0 radical (unpaired) electrons. The molecule has 0 aliphatic carbocycles. The van der Waals surface area contributed by atoms with Gasteiger partial charge in [-0.25, -0.2) is 0 Å². The molecule has 0 bridgehead atoms. The molecule has 21 heavy (non-hydrogen) atoms. The number of halogens is 1. The molecule has 120 valence electrons. The lowest BCUT2D eigenvalue weighted by Gasteiger charge is -2.19. The van der Waals surface area contributed by atoms with Crippen molar-refractivity contribution >= 4 is 31.8 Å². The molecule has 0 amide bonds. The van der Waals surface area contributed by atoms with Crippen molar-refractivity contribution in [2.75, 3.05) is 31.4 Å². The van der Waals surface area contributed by atoms with E-state index >= 15 is 0 Å². The molecular formula is C14H24BrN3O2S. The summed E-state index contributed by atoms with van der Waals surface area (Å²) >= 11 is 3.37. The summed E-state index contributed by atoms with van der Waals surface area (Å²) in [7, 11) is -1.93. The van der Waals surface area contributed by atoms with E-state index in [4.69, 9.17) is 0 Å². The maximum absolute atomic E-state index is 12.2. The highest BCUT2D eigenvalue weighted by Gasteiger charge is 2.18. The number of benzene rings is 1. The number of nitrogens with one attached hydrogen (secondary N) is 2. The molecule has 0 heterocycles. The number of anilines is 1. The average molecular weight is 378 g/mol. The Labute approximate surface area is 136 Å². The summed E-state index contributed by atoms with van der Waals surface area (Å²) in [6.45, 7) is 6.33. The summed E-state index contributed by atoms with van der Waals surface area (Å²) in [4.78, 5) is 0. The van der Waals surface area contributed by atoms with Gasteiger partial charge in [-0.3, -0.25) is 4.72 Å². The van der Waals surface area contributed by atoms with Crippen LogP contribution in [0.25, 0.3) is 0 Å². The number of hydrogen-bond donors (Lipinski definition) is 2. The second kappa shape index (κ2) is 8.73. The molecule has 1 aromatic carbocycles. The van der Waals surface area contributed by atoms with Gasteiger partial charge in [-0.2, -0.15) is 12.7 Å². The molecule has 2 N–H and O–H groups in total. The Balaban J connectivity index is 2.55.